The third kappa shape index (κ3) is 5.40. The van der Waals surface area contributed by atoms with Crippen molar-refractivity contribution >= 4 is 36.0 Å². The predicted molar refractivity (Wildman–Crippen MR) is 101 cm³/mol. The van der Waals surface area contributed by atoms with Gasteiger partial charge in [-0.3, -0.25) is 9.59 Å². The lowest BCUT2D eigenvalue weighted by Gasteiger charge is -2.36. The molecule has 7 heteroatoms. The summed E-state index contributed by atoms with van der Waals surface area (Å²) in [5, 5.41) is 2.90. The van der Waals surface area contributed by atoms with E-state index in [1.54, 1.807) is 11.8 Å². The van der Waals surface area contributed by atoms with Crippen LogP contribution in [0.5, 0.6) is 0 Å². The molecule has 1 unspecified atom stereocenters. The van der Waals surface area contributed by atoms with E-state index in [0.29, 0.717) is 19.5 Å². The molecule has 1 aliphatic rings. The lowest BCUT2D eigenvalue weighted by Crippen LogP contribution is -2.49. The van der Waals surface area contributed by atoms with Crippen LogP contribution in [-0.2, 0) is 4.79 Å². The van der Waals surface area contributed by atoms with Crippen LogP contribution in [0, 0.1) is 0 Å². The normalized spacial score (nSPS) is 17.1. The van der Waals surface area contributed by atoms with Gasteiger partial charge in [-0.1, -0.05) is 12.1 Å². The van der Waals surface area contributed by atoms with Gasteiger partial charge in [0.15, 0.2) is 0 Å². The number of hydrogen-bond donors (Lipinski definition) is 2. The third-order valence-corrected chi connectivity index (χ3v) is 4.93. The van der Waals surface area contributed by atoms with Crippen LogP contribution in [0.4, 0.5) is 0 Å². The molecule has 3 N–H and O–H groups in total. The van der Waals surface area contributed by atoms with Gasteiger partial charge in [0.1, 0.15) is 0 Å². The van der Waals surface area contributed by atoms with Gasteiger partial charge in [0, 0.05) is 37.0 Å². The van der Waals surface area contributed by atoms with E-state index in [2.05, 4.69) is 5.32 Å². The molecule has 2 amide bonds. The van der Waals surface area contributed by atoms with Gasteiger partial charge in [-0.25, -0.2) is 0 Å². The van der Waals surface area contributed by atoms with Crippen molar-refractivity contribution in [2.75, 3.05) is 25.9 Å². The molecule has 0 aliphatic carbocycles. The highest BCUT2D eigenvalue weighted by atomic mass is 35.5. The predicted octanol–water partition coefficient (Wildman–Crippen LogP) is 2.29. The number of amides is 2. The van der Waals surface area contributed by atoms with E-state index >= 15 is 0 Å². The number of carbonyl (C=O) groups excluding carboxylic acids is 2. The Kier molecular flexibility index (Phi) is 9.18. The maximum atomic E-state index is 12.9. The number of hydrogen-bond acceptors (Lipinski definition) is 4. The summed E-state index contributed by atoms with van der Waals surface area (Å²) in [7, 11) is 0. The molecular weight excluding hydrogens is 346 g/mol. The molecule has 1 fully saturated rings. The van der Waals surface area contributed by atoms with Crippen molar-refractivity contribution in [1.29, 1.82) is 0 Å². The zero-order valence-corrected chi connectivity index (χ0v) is 15.6. The van der Waals surface area contributed by atoms with Gasteiger partial charge < -0.3 is 16.0 Å². The zero-order valence-electron chi connectivity index (χ0n) is 14.0. The van der Waals surface area contributed by atoms with Crippen LogP contribution in [-0.4, -0.2) is 48.6 Å². The summed E-state index contributed by atoms with van der Waals surface area (Å²) in [6, 6.07) is 7.76. The Morgan fingerprint density at radius 3 is 2.79 bits per heavy atom. The summed E-state index contributed by atoms with van der Waals surface area (Å²) < 4.78 is 0. The Morgan fingerprint density at radius 2 is 2.08 bits per heavy atom. The molecule has 1 heterocycles. The zero-order chi connectivity index (χ0) is 16.7. The minimum absolute atomic E-state index is 0. The van der Waals surface area contributed by atoms with Crippen molar-refractivity contribution < 1.29 is 9.59 Å². The second-order valence-corrected chi connectivity index (χ2v) is 6.54. The van der Waals surface area contributed by atoms with Gasteiger partial charge in [-0.15, -0.1) is 24.2 Å². The van der Waals surface area contributed by atoms with E-state index in [0.717, 1.165) is 36.3 Å². The topological polar surface area (TPSA) is 75.4 Å². The van der Waals surface area contributed by atoms with Crippen LogP contribution >= 0.6 is 24.2 Å². The summed E-state index contributed by atoms with van der Waals surface area (Å²) in [4.78, 5) is 27.5. The van der Waals surface area contributed by atoms with Crippen LogP contribution < -0.4 is 11.1 Å². The minimum atomic E-state index is -0.0463. The van der Waals surface area contributed by atoms with E-state index in [9.17, 15) is 9.59 Å². The first-order valence-corrected chi connectivity index (χ1v) is 9.30. The van der Waals surface area contributed by atoms with E-state index in [1.165, 1.54) is 0 Å². The highest BCUT2D eigenvalue weighted by Crippen LogP contribution is 2.25. The van der Waals surface area contributed by atoms with Crippen molar-refractivity contribution in [2.24, 2.45) is 5.73 Å². The molecule has 1 aliphatic heterocycles. The van der Waals surface area contributed by atoms with Crippen molar-refractivity contribution in [3.63, 3.8) is 0 Å². The number of thioether (sulfide) groups is 1. The maximum Gasteiger partial charge on any atom is 0.255 e. The van der Waals surface area contributed by atoms with Gasteiger partial charge in [-0.05, 0) is 37.7 Å². The number of nitrogens with two attached hydrogens (primary N) is 1. The van der Waals surface area contributed by atoms with Crippen molar-refractivity contribution in [1.82, 2.24) is 10.2 Å². The smallest absolute Gasteiger partial charge is 0.255 e. The van der Waals surface area contributed by atoms with Crippen LogP contribution in [0.1, 0.15) is 36.0 Å². The molecule has 2 rings (SSSR count). The average Bonchev–Trinajstić information content (AvgIpc) is 2.60. The lowest BCUT2D eigenvalue weighted by molar-refractivity contribution is -0.121. The van der Waals surface area contributed by atoms with Crippen LogP contribution in [0.15, 0.2) is 29.2 Å². The fraction of sp³-hybridized carbons (Fsp3) is 0.529. The Morgan fingerprint density at radius 1 is 1.33 bits per heavy atom. The largest absolute Gasteiger partial charge is 0.354 e. The number of nitrogens with zero attached hydrogens (tertiary/aromatic N) is 1. The van der Waals surface area contributed by atoms with E-state index < -0.39 is 0 Å². The number of likely N-dealkylation sites (tertiary alicyclic amines) is 1. The number of benzene rings is 1. The number of rotatable bonds is 6. The maximum absolute atomic E-state index is 12.9. The Bertz CT molecular complexity index is 556. The molecule has 0 aromatic heterocycles. The fourth-order valence-corrected chi connectivity index (χ4v) is 3.50. The first kappa shape index (κ1) is 20.8. The van der Waals surface area contributed by atoms with Gasteiger partial charge in [0.05, 0.1) is 5.56 Å². The SMILES string of the molecule is CSc1ccccc1C(=O)N1CCCCC1CNC(=O)CCN.Cl. The molecule has 5 nitrogen and oxygen atoms in total. The number of carbonyl (C=O) groups is 2. The average molecular weight is 372 g/mol. The standard InChI is InChI=1S/C17H25N3O2S.ClH/c1-23-15-8-3-2-7-14(15)17(22)20-11-5-4-6-13(20)12-19-16(21)9-10-18;/h2-3,7-8,13H,4-6,9-12,18H2,1H3,(H,19,21);1H. The molecule has 1 aromatic rings. The van der Waals surface area contributed by atoms with E-state index in [-0.39, 0.29) is 30.3 Å². The van der Waals surface area contributed by atoms with Crippen molar-refractivity contribution in [3.8, 4) is 0 Å². The highest BCUT2D eigenvalue weighted by molar-refractivity contribution is 7.98. The van der Waals surface area contributed by atoms with Crippen LogP contribution in [0.25, 0.3) is 0 Å². The molecule has 0 saturated carbocycles. The second kappa shape index (κ2) is 10.6. The first-order chi connectivity index (χ1) is 11.2. The summed E-state index contributed by atoms with van der Waals surface area (Å²) in [6.45, 7) is 1.60. The molecule has 0 spiro atoms. The Labute approximate surface area is 154 Å². The molecule has 1 saturated heterocycles. The number of nitrogens with one attached hydrogen (secondary N) is 1. The molecule has 0 radical (unpaired) electrons. The lowest BCUT2D eigenvalue weighted by atomic mass is 10.0. The molecule has 0 bridgehead atoms. The minimum Gasteiger partial charge on any atom is -0.354 e. The number of piperidine rings is 1. The summed E-state index contributed by atoms with van der Waals surface area (Å²) in [5.74, 6) is 0.0164. The quantitative estimate of drug-likeness (QED) is 0.752. The second-order valence-electron chi connectivity index (χ2n) is 5.69. The fourth-order valence-electron chi connectivity index (χ4n) is 2.91. The molecular formula is C17H26ClN3O2S. The molecule has 1 aromatic carbocycles. The Balaban J connectivity index is 0.00000288. The van der Waals surface area contributed by atoms with Crippen LogP contribution in [0.3, 0.4) is 0 Å². The van der Waals surface area contributed by atoms with Gasteiger partial charge in [0.25, 0.3) is 5.91 Å². The van der Waals surface area contributed by atoms with Gasteiger partial charge >= 0.3 is 0 Å². The van der Waals surface area contributed by atoms with E-state index in [4.69, 9.17) is 5.73 Å². The van der Waals surface area contributed by atoms with Crippen molar-refractivity contribution in [2.45, 2.75) is 36.6 Å². The highest BCUT2D eigenvalue weighted by Gasteiger charge is 2.28. The van der Waals surface area contributed by atoms with Crippen LogP contribution in [0.2, 0.25) is 0 Å². The van der Waals surface area contributed by atoms with E-state index in [1.807, 2.05) is 35.4 Å². The molecule has 24 heavy (non-hydrogen) atoms. The Hall–Kier alpha value is -1.24. The van der Waals surface area contributed by atoms with Gasteiger partial charge in [0.2, 0.25) is 5.91 Å². The third-order valence-electron chi connectivity index (χ3n) is 4.13. The summed E-state index contributed by atoms with van der Waals surface area (Å²) >= 11 is 1.58. The monoisotopic (exact) mass is 371 g/mol. The number of halogens is 1. The molecule has 1 atom stereocenters. The summed E-state index contributed by atoms with van der Waals surface area (Å²) in [5.41, 5.74) is 6.14. The molecule has 134 valence electrons. The van der Waals surface area contributed by atoms with Crippen molar-refractivity contribution in [3.05, 3.63) is 29.8 Å². The first-order valence-electron chi connectivity index (χ1n) is 8.08. The van der Waals surface area contributed by atoms with Gasteiger partial charge in [-0.2, -0.15) is 0 Å². The summed E-state index contributed by atoms with van der Waals surface area (Å²) in [6.07, 6.45) is 5.34.